The fourth-order valence-electron chi connectivity index (χ4n) is 2.02. The molecule has 15 heavy (non-hydrogen) atoms. The third-order valence-electron chi connectivity index (χ3n) is 2.97. The lowest BCUT2D eigenvalue weighted by Crippen LogP contribution is -2.41. The molecule has 2 rings (SSSR count). The van der Waals surface area contributed by atoms with Crippen LogP contribution in [0, 0.1) is 13.8 Å². The van der Waals surface area contributed by atoms with Gasteiger partial charge in [0.2, 0.25) is 0 Å². The van der Waals surface area contributed by atoms with Crippen LogP contribution in [0.4, 0.5) is 5.69 Å². The van der Waals surface area contributed by atoms with Gasteiger partial charge in [0, 0.05) is 12.6 Å². The highest BCUT2D eigenvalue weighted by atomic mass is 16.5. The van der Waals surface area contributed by atoms with Gasteiger partial charge in [0.05, 0.1) is 23.2 Å². The molecule has 1 aliphatic rings. The highest BCUT2D eigenvalue weighted by Crippen LogP contribution is 2.28. The molecule has 1 heterocycles. The zero-order chi connectivity index (χ0) is 10.8. The smallest absolute Gasteiger partial charge is 0.0825 e. The Bertz CT molecular complexity index is 309. The number of aromatic amines is 1. The van der Waals surface area contributed by atoms with Gasteiger partial charge in [-0.25, -0.2) is 0 Å². The van der Waals surface area contributed by atoms with Gasteiger partial charge < -0.3 is 10.1 Å². The Hall–Kier alpha value is -1.03. The van der Waals surface area contributed by atoms with Crippen LogP contribution in [0.3, 0.4) is 0 Å². The number of hydrogen-bond donors (Lipinski definition) is 2. The van der Waals surface area contributed by atoms with Crippen LogP contribution in [0.15, 0.2) is 0 Å². The van der Waals surface area contributed by atoms with E-state index in [2.05, 4.69) is 15.5 Å². The van der Waals surface area contributed by atoms with Gasteiger partial charge in [-0.1, -0.05) is 0 Å². The Kier molecular flexibility index (Phi) is 2.95. The van der Waals surface area contributed by atoms with E-state index >= 15 is 0 Å². The molecule has 0 aliphatic heterocycles. The summed E-state index contributed by atoms with van der Waals surface area (Å²) in [5.74, 6) is 0. The van der Waals surface area contributed by atoms with Crippen molar-refractivity contribution in [2.45, 2.75) is 45.8 Å². The molecule has 0 unspecified atom stereocenters. The number of H-pyrrole nitrogens is 1. The molecule has 4 nitrogen and oxygen atoms in total. The number of rotatable bonds is 4. The van der Waals surface area contributed by atoms with Gasteiger partial charge >= 0.3 is 0 Å². The van der Waals surface area contributed by atoms with Crippen molar-refractivity contribution in [3.8, 4) is 0 Å². The Labute approximate surface area is 90.4 Å². The Morgan fingerprint density at radius 3 is 2.73 bits per heavy atom. The molecule has 1 fully saturated rings. The van der Waals surface area contributed by atoms with Crippen LogP contribution in [0.5, 0.6) is 0 Å². The third kappa shape index (κ3) is 2.15. The molecular weight excluding hydrogens is 190 g/mol. The number of nitrogens with one attached hydrogen (secondary N) is 2. The highest BCUT2D eigenvalue weighted by molar-refractivity contribution is 5.52. The van der Waals surface area contributed by atoms with Gasteiger partial charge in [0.15, 0.2) is 0 Å². The second-order valence-corrected chi connectivity index (χ2v) is 4.20. The monoisotopic (exact) mass is 209 g/mol. The van der Waals surface area contributed by atoms with Gasteiger partial charge in [0.1, 0.15) is 0 Å². The molecule has 1 aromatic rings. The molecule has 0 spiro atoms. The summed E-state index contributed by atoms with van der Waals surface area (Å²) in [6, 6.07) is 0.552. The van der Waals surface area contributed by atoms with Crippen LogP contribution in [-0.2, 0) is 4.74 Å². The minimum atomic E-state index is 0.458. The number of aryl methyl sites for hydroxylation is 2. The predicted octanol–water partition coefficient (Wildman–Crippen LogP) is 2.01. The van der Waals surface area contributed by atoms with Crippen LogP contribution in [-0.4, -0.2) is 29.0 Å². The first-order chi connectivity index (χ1) is 7.20. The van der Waals surface area contributed by atoms with E-state index in [0.29, 0.717) is 12.1 Å². The molecule has 2 N–H and O–H groups in total. The van der Waals surface area contributed by atoms with Crippen molar-refractivity contribution >= 4 is 5.69 Å². The number of ether oxygens (including phenoxy) is 1. The maximum absolute atomic E-state index is 5.52. The molecule has 1 aromatic heterocycles. The van der Waals surface area contributed by atoms with Crippen LogP contribution < -0.4 is 5.32 Å². The van der Waals surface area contributed by atoms with Crippen molar-refractivity contribution in [1.29, 1.82) is 0 Å². The van der Waals surface area contributed by atoms with Crippen LogP contribution in [0.2, 0.25) is 0 Å². The average molecular weight is 209 g/mol. The standard InChI is InChI=1S/C11H19N3O/c1-4-15-10-5-9(6-10)12-11-7(2)13-14-8(11)3/h9-10,12H,4-6H2,1-3H3,(H,13,14). The van der Waals surface area contributed by atoms with E-state index < -0.39 is 0 Å². The number of anilines is 1. The average Bonchev–Trinajstić information content (AvgIpc) is 2.45. The third-order valence-corrected chi connectivity index (χ3v) is 2.97. The van der Waals surface area contributed by atoms with Gasteiger partial charge in [-0.3, -0.25) is 5.10 Å². The molecule has 0 saturated heterocycles. The summed E-state index contributed by atoms with van der Waals surface area (Å²) < 4.78 is 5.52. The Balaban J connectivity index is 1.85. The molecule has 4 heteroatoms. The van der Waals surface area contributed by atoms with E-state index in [1.54, 1.807) is 0 Å². The van der Waals surface area contributed by atoms with E-state index in [4.69, 9.17) is 4.74 Å². The Morgan fingerprint density at radius 1 is 1.47 bits per heavy atom. The van der Waals surface area contributed by atoms with E-state index in [-0.39, 0.29) is 0 Å². The molecule has 0 amide bonds. The second kappa shape index (κ2) is 4.23. The lowest BCUT2D eigenvalue weighted by Gasteiger charge is -2.36. The summed E-state index contributed by atoms with van der Waals surface area (Å²) >= 11 is 0. The van der Waals surface area contributed by atoms with Crippen LogP contribution in [0.25, 0.3) is 0 Å². The van der Waals surface area contributed by atoms with Crippen molar-refractivity contribution < 1.29 is 4.74 Å². The highest BCUT2D eigenvalue weighted by Gasteiger charge is 2.30. The molecule has 0 atom stereocenters. The van der Waals surface area contributed by atoms with E-state index in [9.17, 15) is 0 Å². The molecule has 0 aromatic carbocycles. The summed E-state index contributed by atoms with van der Waals surface area (Å²) in [6.45, 7) is 6.93. The van der Waals surface area contributed by atoms with Gasteiger partial charge in [0.25, 0.3) is 0 Å². The Morgan fingerprint density at radius 2 is 2.20 bits per heavy atom. The summed E-state index contributed by atoms with van der Waals surface area (Å²) in [5, 5.41) is 10.7. The van der Waals surface area contributed by atoms with Gasteiger partial charge in [-0.05, 0) is 33.6 Å². The van der Waals surface area contributed by atoms with Crippen molar-refractivity contribution in [3.63, 3.8) is 0 Å². The quantitative estimate of drug-likeness (QED) is 0.797. The summed E-state index contributed by atoms with van der Waals surface area (Å²) in [5.41, 5.74) is 3.33. The van der Waals surface area contributed by atoms with Crippen molar-refractivity contribution in [3.05, 3.63) is 11.4 Å². The number of aromatic nitrogens is 2. The number of hydrogen-bond acceptors (Lipinski definition) is 3. The lowest BCUT2D eigenvalue weighted by atomic mass is 9.89. The van der Waals surface area contributed by atoms with Crippen LogP contribution in [0.1, 0.15) is 31.2 Å². The topological polar surface area (TPSA) is 49.9 Å². The van der Waals surface area contributed by atoms with Crippen molar-refractivity contribution in [1.82, 2.24) is 10.2 Å². The van der Waals surface area contributed by atoms with E-state index in [0.717, 1.165) is 36.5 Å². The normalized spacial score (nSPS) is 25.0. The maximum atomic E-state index is 5.52. The second-order valence-electron chi connectivity index (χ2n) is 4.20. The van der Waals surface area contributed by atoms with Gasteiger partial charge in [-0.15, -0.1) is 0 Å². The predicted molar refractivity (Wildman–Crippen MR) is 60.1 cm³/mol. The molecular formula is C11H19N3O. The minimum Gasteiger partial charge on any atom is -0.379 e. The van der Waals surface area contributed by atoms with Gasteiger partial charge in [-0.2, -0.15) is 5.10 Å². The number of nitrogens with zero attached hydrogens (tertiary/aromatic N) is 1. The fourth-order valence-corrected chi connectivity index (χ4v) is 2.02. The maximum Gasteiger partial charge on any atom is 0.0825 e. The molecule has 1 aliphatic carbocycles. The molecule has 84 valence electrons. The first kappa shape index (κ1) is 10.5. The van der Waals surface area contributed by atoms with E-state index in [1.165, 1.54) is 0 Å². The molecule has 0 radical (unpaired) electrons. The summed E-state index contributed by atoms with van der Waals surface area (Å²) in [6.07, 6.45) is 2.68. The van der Waals surface area contributed by atoms with E-state index in [1.807, 2.05) is 20.8 Å². The minimum absolute atomic E-state index is 0.458. The SMILES string of the molecule is CCOC1CC(Nc2c(C)n[nH]c2C)C1. The first-order valence-corrected chi connectivity index (χ1v) is 5.60. The molecule has 1 saturated carbocycles. The zero-order valence-corrected chi connectivity index (χ0v) is 9.63. The summed E-state index contributed by atoms with van der Waals surface area (Å²) in [7, 11) is 0. The van der Waals surface area contributed by atoms with Crippen LogP contribution >= 0.6 is 0 Å². The first-order valence-electron chi connectivity index (χ1n) is 5.60. The van der Waals surface area contributed by atoms with Crippen molar-refractivity contribution in [2.24, 2.45) is 0 Å². The summed E-state index contributed by atoms with van der Waals surface area (Å²) in [4.78, 5) is 0. The fraction of sp³-hybridized carbons (Fsp3) is 0.727. The van der Waals surface area contributed by atoms with Crippen molar-refractivity contribution in [2.75, 3.05) is 11.9 Å². The zero-order valence-electron chi connectivity index (χ0n) is 9.63. The molecule has 0 bridgehead atoms. The lowest BCUT2D eigenvalue weighted by molar-refractivity contribution is 0.00297. The largest absolute Gasteiger partial charge is 0.379 e.